The maximum absolute atomic E-state index is 12.1. The molecule has 8 nitrogen and oxygen atoms in total. The molecule has 0 aromatic carbocycles. The number of carbonyl (C=O) groups is 2. The Morgan fingerprint density at radius 2 is 2.39 bits per heavy atom. The van der Waals surface area contributed by atoms with Crippen molar-refractivity contribution in [1.82, 2.24) is 20.0 Å². The van der Waals surface area contributed by atoms with Gasteiger partial charge in [-0.1, -0.05) is 0 Å². The van der Waals surface area contributed by atoms with Gasteiger partial charge in [0.2, 0.25) is 5.91 Å². The summed E-state index contributed by atoms with van der Waals surface area (Å²) in [6.45, 7) is 2.40. The van der Waals surface area contributed by atoms with Crippen molar-refractivity contribution in [1.29, 1.82) is 5.26 Å². The number of aromatic nitrogens is 2. The van der Waals surface area contributed by atoms with Crippen molar-refractivity contribution < 1.29 is 9.59 Å². The second-order valence-corrected chi connectivity index (χ2v) is 5.87. The van der Waals surface area contributed by atoms with Crippen LogP contribution in [0, 0.1) is 11.3 Å². The van der Waals surface area contributed by atoms with Crippen molar-refractivity contribution in [2.45, 2.75) is 25.2 Å². The quantitative estimate of drug-likeness (QED) is 0.768. The summed E-state index contributed by atoms with van der Waals surface area (Å²) in [6.07, 6.45) is 2.30. The minimum absolute atomic E-state index is 0.0170. The third-order valence-corrected chi connectivity index (χ3v) is 4.14. The Balaban J connectivity index is 1.91. The number of primary amides is 1. The lowest BCUT2D eigenvalue weighted by atomic mass is 9.94. The van der Waals surface area contributed by atoms with E-state index in [0.717, 1.165) is 31.6 Å². The molecular formula is C15H22N6O2. The van der Waals surface area contributed by atoms with Gasteiger partial charge in [0.25, 0.3) is 5.91 Å². The van der Waals surface area contributed by atoms with Gasteiger partial charge < -0.3 is 10.6 Å². The molecule has 1 fully saturated rings. The van der Waals surface area contributed by atoms with Crippen molar-refractivity contribution in [2.24, 2.45) is 5.73 Å². The summed E-state index contributed by atoms with van der Waals surface area (Å²) < 4.78 is 0. The summed E-state index contributed by atoms with van der Waals surface area (Å²) in [5, 5.41) is 15.4. The van der Waals surface area contributed by atoms with Crippen LogP contribution in [0.25, 0.3) is 0 Å². The van der Waals surface area contributed by atoms with Crippen LogP contribution in [0.2, 0.25) is 0 Å². The van der Waals surface area contributed by atoms with E-state index in [2.05, 4.69) is 15.1 Å². The molecule has 0 aliphatic carbocycles. The summed E-state index contributed by atoms with van der Waals surface area (Å²) in [6, 6.07) is 3.73. The predicted molar refractivity (Wildman–Crippen MR) is 83.4 cm³/mol. The van der Waals surface area contributed by atoms with E-state index >= 15 is 0 Å². The summed E-state index contributed by atoms with van der Waals surface area (Å²) in [5.41, 5.74) is 6.34. The van der Waals surface area contributed by atoms with Crippen LogP contribution in [0.15, 0.2) is 6.07 Å². The maximum Gasteiger partial charge on any atom is 0.269 e. The molecule has 1 aliphatic heterocycles. The number of piperidine rings is 1. The van der Waals surface area contributed by atoms with E-state index in [-0.39, 0.29) is 17.5 Å². The van der Waals surface area contributed by atoms with E-state index in [0.29, 0.717) is 19.5 Å². The Labute approximate surface area is 135 Å². The van der Waals surface area contributed by atoms with Crippen LogP contribution in [0.1, 0.15) is 41.4 Å². The number of carbonyl (C=O) groups excluding carboxylic acids is 2. The van der Waals surface area contributed by atoms with Crippen LogP contribution < -0.4 is 5.73 Å². The topological polar surface area (TPSA) is 119 Å². The molecule has 0 radical (unpaired) electrons. The van der Waals surface area contributed by atoms with E-state index in [1.807, 2.05) is 6.07 Å². The number of nitrogens with zero attached hydrogens (tertiary/aromatic N) is 4. The number of nitriles is 1. The molecule has 1 aliphatic rings. The molecule has 0 bridgehead atoms. The van der Waals surface area contributed by atoms with Gasteiger partial charge in [0.15, 0.2) is 0 Å². The first-order valence-corrected chi connectivity index (χ1v) is 7.69. The summed E-state index contributed by atoms with van der Waals surface area (Å²) in [7, 11) is 1.72. The first kappa shape index (κ1) is 17.0. The van der Waals surface area contributed by atoms with Gasteiger partial charge in [0.05, 0.1) is 19.0 Å². The van der Waals surface area contributed by atoms with Crippen molar-refractivity contribution in [3.8, 4) is 6.07 Å². The van der Waals surface area contributed by atoms with Crippen LogP contribution in [0.4, 0.5) is 0 Å². The highest BCUT2D eigenvalue weighted by Gasteiger charge is 2.25. The first-order valence-electron chi connectivity index (χ1n) is 7.69. The SMILES string of the molecule is CN(CCC#N)C(=O)CN1CCCC(c2cc(C(N)=O)n[nH]2)C1. The molecule has 2 heterocycles. The molecule has 8 heteroatoms. The Kier molecular flexibility index (Phi) is 5.71. The lowest BCUT2D eigenvalue weighted by Gasteiger charge is -2.32. The number of rotatable bonds is 6. The number of nitrogens with two attached hydrogens (primary N) is 1. The van der Waals surface area contributed by atoms with Gasteiger partial charge in [-0.2, -0.15) is 10.4 Å². The molecule has 1 aromatic heterocycles. The van der Waals surface area contributed by atoms with Crippen LogP contribution in [0.3, 0.4) is 0 Å². The summed E-state index contributed by atoms with van der Waals surface area (Å²) in [5.74, 6) is -0.320. The fraction of sp³-hybridized carbons (Fsp3) is 0.600. The van der Waals surface area contributed by atoms with E-state index in [1.165, 1.54) is 0 Å². The van der Waals surface area contributed by atoms with Crippen LogP contribution in [-0.4, -0.2) is 65.0 Å². The highest BCUT2D eigenvalue weighted by molar-refractivity contribution is 5.90. The number of aromatic amines is 1. The standard InChI is InChI=1S/C15H22N6O2/c1-20(6-3-5-16)14(22)10-21-7-2-4-11(9-21)12-8-13(15(17)23)19-18-12/h8,11H,2-4,6-7,9-10H2,1H3,(H2,17,23)(H,18,19). The molecule has 1 saturated heterocycles. The van der Waals surface area contributed by atoms with Gasteiger partial charge in [-0.3, -0.25) is 19.6 Å². The molecule has 0 saturated carbocycles. The molecule has 3 N–H and O–H groups in total. The van der Waals surface area contributed by atoms with E-state index in [4.69, 9.17) is 11.0 Å². The zero-order valence-electron chi connectivity index (χ0n) is 13.3. The predicted octanol–water partition coefficient (Wildman–Crippen LogP) is 0.0601. The van der Waals surface area contributed by atoms with E-state index < -0.39 is 5.91 Å². The maximum atomic E-state index is 12.1. The molecule has 1 aromatic rings. The number of likely N-dealkylation sites (N-methyl/N-ethyl adjacent to an activating group) is 1. The highest BCUT2D eigenvalue weighted by atomic mass is 16.2. The fourth-order valence-electron chi connectivity index (χ4n) is 2.78. The van der Waals surface area contributed by atoms with E-state index in [9.17, 15) is 9.59 Å². The largest absolute Gasteiger partial charge is 0.364 e. The molecular weight excluding hydrogens is 296 g/mol. The Bertz CT molecular complexity index is 605. The molecule has 124 valence electrons. The molecule has 1 atom stereocenters. The monoisotopic (exact) mass is 318 g/mol. The third kappa shape index (κ3) is 4.53. The van der Waals surface area contributed by atoms with Gasteiger partial charge in [0, 0.05) is 31.7 Å². The number of H-pyrrole nitrogens is 1. The highest BCUT2D eigenvalue weighted by Crippen LogP contribution is 2.25. The van der Waals surface area contributed by atoms with Crippen molar-refractivity contribution in [3.63, 3.8) is 0 Å². The first-order chi connectivity index (χ1) is 11.0. The average molecular weight is 318 g/mol. The molecule has 0 spiro atoms. The molecule has 23 heavy (non-hydrogen) atoms. The van der Waals surface area contributed by atoms with Gasteiger partial charge in [-0.05, 0) is 25.5 Å². The minimum Gasteiger partial charge on any atom is -0.364 e. The zero-order chi connectivity index (χ0) is 16.8. The molecule has 1 unspecified atom stereocenters. The smallest absolute Gasteiger partial charge is 0.269 e. The van der Waals surface area contributed by atoms with Crippen LogP contribution in [-0.2, 0) is 4.79 Å². The van der Waals surface area contributed by atoms with Crippen molar-refractivity contribution in [2.75, 3.05) is 33.2 Å². The zero-order valence-corrected chi connectivity index (χ0v) is 13.3. The average Bonchev–Trinajstić information content (AvgIpc) is 3.03. The Hall–Kier alpha value is -2.40. The van der Waals surface area contributed by atoms with Gasteiger partial charge in [-0.25, -0.2) is 0 Å². The number of hydrogen-bond donors (Lipinski definition) is 2. The van der Waals surface area contributed by atoms with Gasteiger partial charge in [-0.15, -0.1) is 0 Å². The van der Waals surface area contributed by atoms with Gasteiger partial charge >= 0.3 is 0 Å². The fourth-order valence-corrected chi connectivity index (χ4v) is 2.78. The van der Waals surface area contributed by atoms with Gasteiger partial charge in [0.1, 0.15) is 5.69 Å². The number of hydrogen-bond acceptors (Lipinski definition) is 5. The third-order valence-electron chi connectivity index (χ3n) is 4.14. The lowest BCUT2D eigenvalue weighted by Crippen LogP contribution is -2.42. The Morgan fingerprint density at radius 1 is 1.61 bits per heavy atom. The molecule has 2 rings (SSSR count). The van der Waals surface area contributed by atoms with Crippen LogP contribution >= 0.6 is 0 Å². The second kappa shape index (κ2) is 7.74. The number of likely N-dealkylation sites (tertiary alicyclic amines) is 1. The van der Waals surface area contributed by atoms with Crippen LogP contribution in [0.5, 0.6) is 0 Å². The normalized spacial score (nSPS) is 18.3. The lowest BCUT2D eigenvalue weighted by molar-refractivity contribution is -0.131. The minimum atomic E-state index is -0.547. The Morgan fingerprint density at radius 3 is 3.04 bits per heavy atom. The number of amides is 2. The number of nitrogens with one attached hydrogen (secondary N) is 1. The summed E-state index contributed by atoms with van der Waals surface area (Å²) in [4.78, 5) is 27.0. The van der Waals surface area contributed by atoms with E-state index in [1.54, 1.807) is 18.0 Å². The van der Waals surface area contributed by atoms with Crippen molar-refractivity contribution >= 4 is 11.8 Å². The van der Waals surface area contributed by atoms with Crippen molar-refractivity contribution in [3.05, 3.63) is 17.5 Å². The molecule has 2 amide bonds. The summed E-state index contributed by atoms with van der Waals surface area (Å²) >= 11 is 0. The second-order valence-electron chi connectivity index (χ2n) is 5.87.